The first-order chi connectivity index (χ1) is 12.1. The summed E-state index contributed by atoms with van der Waals surface area (Å²) in [6.45, 7) is 4.25. The molecule has 0 radical (unpaired) electrons. The molecule has 2 unspecified atom stereocenters. The van der Waals surface area contributed by atoms with Crippen molar-refractivity contribution in [1.29, 1.82) is 0 Å². The van der Waals surface area contributed by atoms with Gasteiger partial charge in [-0.15, -0.1) is 0 Å². The maximum absolute atomic E-state index is 5.70. The summed E-state index contributed by atoms with van der Waals surface area (Å²) in [6.07, 6.45) is 3.77. The van der Waals surface area contributed by atoms with Crippen molar-refractivity contribution >= 4 is 23.0 Å². The Kier molecular flexibility index (Phi) is 4.01. The molecule has 2 atom stereocenters. The number of rotatable bonds is 3. The number of aromatic amines is 1. The Labute approximate surface area is 152 Å². The number of hydrogen-bond acceptors (Lipinski definition) is 2. The lowest BCUT2D eigenvalue weighted by molar-refractivity contribution is 0.558. The lowest BCUT2D eigenvalue weighted by Crippen LogP contribution is -2.29. The highest BCUT2D eigenvalue weighted by Gasteiger charge is 2.41. The molecule has 2 aromatic heterocycles. The highest BCUT2D eigenvalue weighted by Crippen LogP contribution is 2.41. The van der Waals surface area contributed by atoms with Crippen LogP contribution in [0.2, 0.25) is 0 Å². The van der Waals surface area contributed by atoms with Gasteiger partial charge in [0.1, 0.15) is 6.04 Å². The zero-order valence-corrected chi connectivity index (χ0v) is 15.0. The van der Waals surface area contributed by atoms with Crippen molar-refractivity contribution in [3.63, 3.8) is 0 Å². The van der Waals surface area contributed by atoms with Crippen LogP contribution in [0.5, 0.6) is 0 Å². The highest BCUT2D eigenvalue weighted by atomic mass is 32.1. The van der Waals surface area contributed by atoms with Gasteiger partial charge < -0.3 is 15.2 Å². The highest BCUT2D eigenvalue weighted by molar-refractivity contribution is 7.80. The van der Waals surface area contributed by atoms with E-state index in [2.05, 4.69) is 58.3 Å². The fourth-order valence-electron chi connectivity index (χ4n) is 3.35. The number of thiocarbonyl (C=S) groups is 1. The summed E-state index contributed by atoms with van der Waals surface area (Å²) in [5, 5.41) is 4.19. The third kappa shape index (κ3) is 2.81. The second-order valence-electron chi connectivity index (χ2n) is 6.39. The Balaban J connectivity index is 1.82. The van der Waals surface area contributed by atoms with E-state index < -0.39 is 0 Å². The molecule has 0 bridgehead atoms. The Morgan fingerprint density at radius 3 is 2.60 bits per heavy atom. The van der Waals surface area contributed by atoms with Crippen molar-refractivity contribution in [3.05, 3.63) is 83.4 Å². The summed E-state index contributed by atoms with van der Waals surface area (Å²) in [7, 11) is 0. The fraction of sp³-hybridized carbons (Fsp3) is 0.200. The third-order valence-corrected chi connectivity index (χ3v) is 5.12. The molecule has 5 heteroatoms. The molecule has 126 valence electrons. The van der Waals surface area contributed by atoms with Gasteiger partial charge in [0.25, 0.3) is 0 Å². The molecule has 0 amide bonds. The topological polar surface area (TPSA) is 44.0 Å². The second-order valence-corrected chi connectivity index (χ2v) is 6.78. The second kappa shape index (κ2) is 6.33. The Morgan fingerprint density at radius 1 is 1.04 bits per heavy atom. The number of nitrogens with one attached hydrogen (secondary N) is 2. The van der Waals surface area contributed by atoms with Crippen molar-refractivity contribution in [3.8, 4) is 0 Å². The van der Waals surface area contributed by atoms with Gasteiger partial charge in [-0.2, -0.15) is 0 Å². The molecule has 3 heterocycles. The SMILES string of the molecule is Cc1ccc(N2C(=S)NC(c3ccccn3)C2c2ccc[nH]2)cc1C. The van der Waals surface area contributed by atoms with Crippen LogP contribution in [-0.4, -0.2) is 15.1 Å². The van der Waals surface area contributed by atoms with E-state index in [1.807, 2.05) is 36.7 Å². The molecule has 0 spiro atoms. The smallest absolute Gasteiger partial charge is 0.174 e. The number of aromatic nitrogens is 2. The van der Waals surface area contributed by atoms with E-state index in [-0.39, 0.29) is 12.1 Å². The standard InChI is InChI=1S/C20H20N4S/c1-13-8-9-15(12-14(13)2)24-19(17-7-5-11-22-17)18(23-20(24)25)16-6-3-4-10-21-16/h3-12,18-19,22H,1-2H3,(H,23,25). The zero-order valence-electron chi connectivity index (χ0n) is 14.2. The Bertz CT molecular complexity index is 889. The number of anilines is 1. The molecule has 1 saturated heterocycles. The van der Waals surface area contributed by atoms with Crippen LogP contribution in [0.15, 0.2) is 60.9 Å². The van der Waals surface area contributed by atoms with Crippen molar-refractivity contribution in [2.24, 2.45) is 0 Å². The largest absolute Gasteiger partial charge is 0.363 e. The Morgan fingerprint density at radius 2 is 1.92 bits per heavy atom. The molecule has 0 aliphatic carbocycles. The van der Waals surface area contributed by atoms with Crippen molar-refractivity contribution in [2.45, 2.75) is 25.9 Å². The van der Waals surface area contributed by atoms with Gasteiger partial charge in [-0.1, -0.05) is 12.1 Å². The summed E-state index contributed by atoms with van der Waals surface area (Å²) in [4.78, 5) is 10.1. The van der Waals surface area contributed by atoms with Crippen LogP contribution in [0.3, 0.4) is 0 Å². The predicted molar refractivity (Wildman–Crippen MR) is 105 cm³/mol. The average molecular weight is 348 g/mol. The van der Waals surface area contributed by atoms with Crippen LogP contribution in [0.4, 0.5) is 5.69 Å². The monoisotopic (exact) mass is 348 g/mol. The van der Waals surface area contributed by atoms with Crippen LogP contribution >= 0.6 is 12.2 Å². The van der Waals surface area contributed by atoms with Gasteiger partial charge in [0.15, 0.2) is 5.11 Å². The molecule has 2 N–H and O–H groups in total. The van der Waals surface area contributed by atoms with Crippen LogP contribution in [0, 0.1) is 13.8 Å². The average Bonchev–Trinajstić information content (AvgIpc) is 3.25. The van der Waals surface area contributed by atoms with Crippen LogP contribution < -0.4 is 10.2 Å². The fourth-order valence-corrected chi connectivity index (χ4v) is 3.70. The third-order valence-electron chi connectivity index (χ3n) is 4.81. The summed E-state index contributed by atoms with van der Waals surface area (Å²) in [6, 6.07) is 16.6. The van der Waals surface area contributed by atoms with Gasteiger partial charge in [0.2, 0.25) is 0 Å². The van der Waals surface area contributed by atoms with E-state index in [0.717, 1.165) is 22.2 Å². The van der Waals surface area contributed by atoms with Crippen molar-refractivity contribution in [2.75, 3.05) is 4.90 Å². The molecule has 1 aliphatic heterocycles. The van der Waals surface area contributed by atoms with Gasteiger partial charge >= 0.3 is 0 Å². The first kappa shape index (κ1) is 15.8. The van der Waals surface area contributed by atoms with Crippen LogP contribution in [-0.2, 0) is 0 Å². The van der Waals surface area contributed by atoms with Gasteiger partial charge in [-0.3, -0.25) is 4.98 Å². The quantitative estimate of drug-likeness (QED) is 0.696. The normalized spacial score (nSPS) is 19.9. The van der Waals surface area contributed by atoms with E-state index in [1.54, 1.807) is 0 Å². The summed E-state index contributed by atoms with van der Waals surface area (Å²) in [5.74, 6) is 0. The first-order valence-electron chi connectivity index (χ1n) is 8.36. The zero-order chi connectivity index (χ0) is 17.4. The number of nitrogens with zero attached hydrogens (tertiary/aromatic N) is 2. The summed E-state index contributed by atoms with van der Waals surface area (Å²) >= 11 is 5.70. The lowest BCUT2D eigenvalue weighted by Gasteiger charge is -2.27. The first-order valence-corrected chi connectivity index (χ1v) is 8.77. The molecule has 3 aromatic rings. The molecular formula is C20H20N4S. The molecule has 4 nitrogen and oxygen atoms in total. The minimum Gasteiger partial charge on any atom is -0.363 e. The molecule has 0 saturated carbocycles. The molecule has 1 fully saturated rings. The maximum atomic E-state index is 5.70. The number of hydrogen-bond donors (Lipinski definition) is 2. The van der Waals surface area contributed by atoms with Gasteiger partial charge in [-0.05, 0) is 73.6 Å². The van der Waals surface area contributed by atoms with Crippen LogP contribution in [0.25, 0.3) is 0 Å². The van der Waals surface area contributed by atoms with Gasteiger partial charge in [0.05, 0.1) is 11.7 Å². The Hall–Kier alpha value is -2.66. The summed E-state index contributed by atoms with van der Waals surface area (Å²) < 4.78 is 0. The van der Waals surface area contributed by atoms with E-state index in [0.29, 0.717) is 0 Å². The molecule has 1 aliphatic rings. The van der Waals surface area contributed by atoms with Crippen molar-refractivity contribution in [1.82, 2.24) is 15.3 Å². The van der Waals surface area contributed by atoms with E-state index >= 15 is 0 Å². The lowest BCUT2D eigenvalue weighted by atomic mass is 10.0. The number of benzene rings is 1. The summed E-state index contributed by atoms with van der Waals surface area (Å²) in [5.41, 5.74) is 5.72. The minimum atomic E-state index is -0.00559. The molecule has 25 heavy (non-hydrogen) atoms. The van der Waals surface area contributed by atoms with Gasteiger partial charge in [0, 0.05) is 23.8 Å². The number of aryl methyl sites for hydroxylation is 2. The van der Waals surface area contributed by atoms with E-state index in [1.165, 1.54) is 11.1 Å². The molecule has 4 rings (SSSR count). The molecule has 1 aromatic carbocycles. The number of pyridine rings is 1. The maximum Gasteiger partial charge on any atom is 0.174 e. The van der Waals surface area contributed by atoms with E-state index in [9.17, 15) is 0 Å². The van der Waals surface area contributed by atoms with Crippen LogP contribution in [0.1, 0.15) is 34.6 Å². The predicted octanol–water partition coefficient (Wildman–Crippen LogP) is 4.20. The van der Waals surface area contributed by atoms with Gasteiger partial charge in [-0.25, -0.2) is 0 Å². The number of H-pyrrole nitrogens is 1. The van der Waals surface area contributed by atoms with E-state index in [4.69, 9.17) is 12.2 Å². The van der Waals surface area contributed by atoms with Crippen molar-refractivity contribution < 1.29 is 0 Å². The minimum absolute atomic E-state index is 0.00559. The molecular weight excluding hydrogens is 328 g/mol.